The molecule has 0 saturated carbocycles. The molecule has 1 saturated heterocycles. The van der Waals surface area contributed by atoms with Gasteiger partial charge in [0, 0.05) is 30.6 Å². The van der Waals surface area contributed by atoms with Crippen molar-refractivity contribution in [1.82, 2.24) is 9.88 Å². The van der Waals surface area contributed by atoms with Crippen LogP contribution in [0.3, 0.4) is 0 Å². The summed E-state index contributed by atoms with van der Waals surface area (Å²) in [6.07, 6.45) is 4.27. The van der Waals surface area contributed by atoms with Crippen molar-refractivity contribution in [1.29, 1.82) is 5.26 Å². The van der Waals surface area contributed by atoms with Gasteiger partial charge in [-0.2, -0.15) is 5.26 Å². The number of guanidine groups is 1. The number of pyridine rings is 1. The summed E-state index contributed by atoms with van der Waals surface area (Å²) in [5.41, 5.74) is 6.74. The van der Waals surface area contributed by atoms with Gasteiger partial charge in [0.2, 0.25) is 5.91 Å². The van der Waals surface area contributed by atoms with E-state index in [1.165, 1.54) is 18.5 Å². The highest BCUT2D eigenvalue weighted by Crippen LogP contribution is 2.41. The lowest BCUT2D eigenvalue weighted by molar-refractivity contribution is -0.133. The van der Waals surface area contributed by atoms with Crippen LogP contribution in [0.5, 0.6) is 0 Å². The summed E-state index contributed by atoms with van der Waals surface area (Å²) in [4.78, 5) is 36.1. The van der Waals surface area contributed by atoms with Crippen LogP contribution in [0.25, 0.3) is 0 Å². The number of amides is 2. The fraction of sp³-hybridized carbons (Fsp3) is 0.375. The first-order valence-electron chi connectivity index (χ1n) is 11.0. The molecule has 3 heterocycles. The molecule has 11 heteroatoms. The van der Waals surface area contributed by atoms with E-state index in [4.69, 9.17) is 32.3 Å². The van der Waals surface area contributed by atoms with Crippen LogP contribution in [0.4, 0.5) is 5.69 Å². The van der Waals surface area contributed by atoms with Crippen LogP contribution in [-0.2, 0) is 15.1 Å². The van der Waals surface area contributed by atoms with Gasteiger partial charge in [-0.25, -0.2) is 4.99 Å². The maximum Gasteiger partial charge on any atom is 0.257 e. The van der Waals surface area contributed by atoms with Gasteiger partial charge in [0.1, 0.15) is 6.07 Å². The number of aromatic nitrogens is 1. The fourth-order valence-electron chi connectivity index (χ4n) is 4.47. The Bertz CT molecular complexity index is 1210. The van der Waals surface area contributed by atoms with E-state index in [0.717, 1.165) is 0 Å². The van der Waals surface area contributed by atoms with Crippen LogP contribution >= 0.6 is 24.0 Å². The number of nitrogens with one attached hydrogen (secondary N) is 1. The molecule has 184 valence electrons. The normalized spacial score (nSPS) is 24.1. The average Bonchev–Trinajstić information content (AvgIpc) is 2.80. The summed E-state index contributed by atoms with van der Waals surface area (Å²) in [6, 6.07) is 8.50. The van der Waals surface area contributed by atoms with Crippen LogP contribution in [0, 0.1) is 11.3 Å². The third-order valence-corrected chi connectivity index (χ3v) is 6.56. The molecule has 1 fully saturated rings. The number of benzene rings is 1. The average molecular weight is 517 g/mol. The van der Waals surface area contributed by atoms with Gasteiger partial charge in [-0.05, 0) is 38.8 Å². The molecular weight excluding hydrogens is 491 g/mol. The summed E-state index contributed by atoms with van der Waals surface area (Å²) < 4.78 is 5.59. The molecule has 1 aromatic carbocycles. The monoisotopic (exact) mass is 516 g/mol. The molecule has 3 atom stereocenters. The Kier molecular flexibility index (Phi) is 8.00. The zero-order chi connectivity index (χ0) is 24.5. The van der Waals surface area contributed by atoms with Crippen molar-refractivity contribution in [3.63, 3.8) is 0 Å². The van der Waals surface area contributed by atoms with Crippen LogP contribution in [-0.4, -0.2) is 46.4 Å². The second kappa shape index (κ2) is 10.6. The lowest BCUT2D eigenvalue weighted by atomic mass is 9.86. The van der Waals surface area contributed by atoms with E-state index >= 15 is 0 Å². The standard InChI is InChI=1S/C24H25ClN6O3.ClH/c1-14-8-17(6-7-34-14)31-20(32)10-24(2,30-23(31)27)18-4-3-5-19(21(18)25)29-22(33)16-9-15(11-26)12-28-13-16;/h3-5,9,12-14,17H,6-8,10H2,1-2H3,(H2,27,30)(H,29,33);1H/t14-,17-,24+;/m1./s1. The molecule has 0 spiro atoms. The van der Waals surface area contributed by atoms with E-state index in [-0.39, 0.29) is 59.0 Å². The smallest absolute Gasteiger partial charge is 0.257 e. The molecule has 0 unspecified atom stereocenters. The quantitative estimate of drug-likeness (QED) is 0.637. The Hall–Kier alpha value is -3.19. The van der Waals surface area contributed by atoms with Crippen molar-refractivity contribution in [3.8, 4) is 6.07 Å². The lowest BCUT2D eigenvalue weighted by Crippen LogP contribution is -2.56. The Morgan fingerprint density at radius 3 is 2.86 bits per heavy atom. The number of nitrogens with zero attached hydrogens (tertiary/aromatic N) is 4. The summed E-state index contributed by atoms with van der Waals surface area (Å²) in [5, 5.41) is 12.1. The van der Waals surface area contributed by atoms with E-state index < -0.39 is 11.4 Å². The Morgan fingerprint density at radius 1 is 1.40 bits per heavy atom. The van der Waals surface area contributed by atoms with Crippen LogP contribution < -0.4 is 11.1 Å². The van der Waals surface area contributed by atoms with Gasteiger partial charge < -0.3 is 15.8 Å². The highest BCUT2D eigenvalue weighted by molar-refractivity contribution is 6.35. The third kappa shape index (κ3) is 5.40. The molecule has 2 aromatic rings. The summed E-state index contributed by atoms with van der Waals surface area (Å²) >= 11 is 6.69. The molecule has 0 aliphatic carbocycles. The van der Waals surface area contributed by atoms with Crippen molar-refractivity contribution in [2.75, 3.05) is 11.9 Å². The first-order valence-corrected chi connectivity index (χ1v) is 11.3. The van der Waals surface area contributed by atoms with E-state index in [1.54, 1.807) is 30.0 Å². The van der Waals surface area contributed by atoms with Crippen molar-refractivity contribution < 1.29 is 14.3 Å². The van der Waals surface area contributed by atoms with Gasteiger partial charge in [-0.15, -0.1) is 12.4 Å². The number of nitrogens with two attached hydrogens (primary N) is 1. The minimum atomic E-state index is -0.992. The Labute approximate surface area is 214 Å². The topological polar surface area (TPSA) is 134 Å². The summed E-state index contributed by atoms with van der Waals surface area (Å²) in [7, 11) is 0. The highest BCUT2D eigenvalue weighted by atomic mass is 35.5. The second-order valence-electron chi connectivity index (χ2n) is 8.74. The number of hydrogen-bond acceptors (Lipinski definition) is 7. The Balaban J connectivity index is 0.00000342. The van der Waals surface area contributed by atoms with Crippen molar-refractivity contribution in [3.05, 3.63) is 58.4 Å². The fourth-order valence-corrected chi connectivity index (χ4v) is 4.85. The number of anilines is 1. The molecule has 2 aliphatic rings. The molecule has 0 radical (unpaired) electrons. The molecular formula is C24H26Cl2N6O3. The molecule has 3 N–H and O–H groups in total. The molecule has 2 amide bonds. The summed E-state index contributed by atoms with van der Waals surface area (Å²) in [5.74, 6) is -0.432. The van der Waals surface area contributed by atoms with Crippen molar-refractivity contribution >= 4 is 47.5 Å². The lowest BCUT2D eigenvalue weighted by Gasteiger charge is -2.41. The first-order chi connectivity index (χ1) is 16.2. The first kappa shape index (κ1) is 26.4. The van der Waals surface area contributed by atoms with Gasteiger partial charge >= 0.3 is 0 Å². The predicted octanol–water partition coefficient (Wildman–Crippen LogP) is 3.61. The molecule has 1 aromatic heterocycles. The number of ether oxygens (including phenoxy) is 1. The largest absolute Gasteiger partial charge is 0.378 e. The van der Waals surface area contributed by atoms with E-state index in [1.807, 2.05) is 13.0 Å². The van der Waals surface area contributed by atoms with Gasteiger partial charge in [0.15, 0.2) is 5.96 Å². The third-order valence-electron chi connectivity index (χ3n) is 6.15. The number of hydrogen-bond donors (Lipinski definition) is 2. The minimum Gasteiger partial charge on any atom is -0.378 e. The number of rotatable bonds is 4. The molecule has 9 nitrogen and oxygen atoms in total. The number of carbonyl (C=O) groups excluding carboxylic acids is 2. The number of nitriles is 1. The van der Waals surface area contributed by atoms with Crippen molar-refractivity contribution in [2.24, 2.45) is 10.7 Å². The number of aliphatic imine (C=N–C) groups is 1. The van der Waals surface area contributed by atoms with Gasteiger partial charge in [0.05, 0.1) is 39.9 Å². The van der Waals surface area contributed by atoms with Crippen LogP contribution in [0.15, 0.2) is 41.7 Å². The van der Waals surface area contributed by atoms with Gasteiger partial charge in [0.25, 0.3) is 5.91 Å². The molecule has 4 rings (SSSR count). The van der Waals surface area contributed by atoms with Gasteiger partial charge in [-0.1, -0.05) is 23.7 Å². The summed E-state index contributed by atoms with van der Waals surface area (Å²) in [6.45, 7) is 4.35. The molecule has 0 bridgehead atoms. The Morgan fingerprint density at radius 2 is 2.17 bits per heavy atom. The predicted molar refractivity (Wildman–Crippen MR) is 134 cm³/mol. The minimum absolute atomic E-state index is 0. The van der Waals surface area contributed by atoms with E-state index in [9.17, 15) is 9.59 Å². The maximum absolute atomic E-state index is 13.2. The second-order valence-corrected chi connectivity index (χ2v) is 9.12. The zero-order valence-corrected chi connectivity index (χ0v) is 20.9. The number of carbonyl (C=O) groups is 2. The van der Waals surface area contributed by atoms with Gasteiger partial charge in [-0.3, -0.25) is 19.5 Å². The maximum atomic E-state index is 13.2. The van der Waals surface area contributed by atoms with E-state index in [2.05, 4.69) is 10.3 Å². The zero-order valence-electron chi connectivity index (χ0n) is 19.3. The van der Waals surface area contributed by atoms with Crippen LogP contribution in [0.1, 0.15) is 54.6 Å². The highest BCUT2D eigenvalue weighted by Gasteiger charge is 2.42. The molecule has 35 heavy (non-hydrogen) atoms. The van der Waals surface area contributed by atoms with Crippen LogP contribution in [0.2, 0.25) is 5.02 Å². The SMILES string of the molecule is C[C@@H]1C[C@H](N2C(=O)C[C@@](C)(c3cccc(NC(=O)c4cncc(C#N)c4)c3Cl)N=C2N)CCO1.Cl. The molecule has 2 aliphatic heterocycles. The van der Waals surface area contributed by atoms with E-state index in [0.29, 0.717) is 30.7 Å². The van der Waals surface area contributed by atoms with Crippen molar-refractivity contribution in [2.45, 2.75) is 50.8 Å². The number of halogens is 2.